The summed E-state index contributed by atoms with van der Waals surface area (Å²) in [4.78, 5) is 13.7. The summed E-state index contributed by atoms with van der Waals surface area (Å²) in [6.07, 6.45) is 6.51. The van der Waals surface area contributed by atoms with Crippen molar-refractivity contribution >= 4 is 11.7 Å². The standard InChI is InChI=1S/C19H30N2O3/c1-19(2,23)14-21(3)18(22)20-16-9-7-8-15(12-16)13-24-17-10-5-4-6-11-17/h7-9,12,17,23H,4-6,10-11,13-14H2,1-3H3,(H,20,22). The maximum atomic E-state index is 12.2. The Morgan fingerprint density at radius 3 is 2.71 bits per heavy atom. The summed E-state index contributed by atoms with van der Waals surface area (Å²) in [6.45, 7) is 4.21. The number of nitrogens with one attached hydrogen (secondary N) is 1. The van der Waals surface area contributed by atoms with E-state index in [9.17, 15) is 9.90 Å². The molecule has 1 aromatic rings. The highest BCUT2D eigenvalue weighted by Gasteiger charge is 2.19. The molecule has 1 aromatic carbocycles. The Kier molecular flexibility index (Phi) is 6.63. The minimum Gasteiger partial charge on any atom is -0.389 e. The molecule has 5 nitrogen and oxygen atoms in total. The van der Waals surface area contributed by atoms with Gasteiger partial charge in [-0.25, -0.2) is 4.79 Å². The maximum absolute atomic E-state index is 12.2. The third-order valence-corrected chi connectivity index (χ3v) is 4.19. The number of nitrogens with zero attached hydrogens (tertiary/aromatic N) is 1. The van der Waals surface area contributed by atoms with Crippen LogP contribution in [0, 0.1) is 0 Å². The number of carbonyl (C=O) groups is 1. The van der Waals surface area contributed by atoms with Crippen molar-refractivity contribution in [3.8, 4) is 0 Å². The number of anilines is 1. The highest BCUT2D eigenvalue weighted by Crippen LogP contribution is 2.22. The lowest BCUT2D eigenvalue weighted by atomic mass is 9.98. The Morgan fingerprint density at radius 2 is 2.04 bits per heavy atom. The number of urea groups is 1. The Morgan fingerprint density at radius 1 is 1.33 bits per heavy atom. The number of aliphatic hydroxyl groups is 1. The highest BCUT2D eigenvalue weighted by molar-refractivity contribution is 5.89. The zero-order chi connectivity index (χ0) is 17.6. The molecule has 0 saturated heterocycles. The summed E-state index contributed by atoms with van der Waals surface area (Å²) in [7, 11) is 1.67. The number of benzene rings is 1. The van der Waals surface area contributed by atoms with E-state index in [0.717, 1.165) is 24.1 Å². The number of rotatable bonds is 6. The van der Waals surface area contributed by atoms with Crippen molar-refractivity contribution in [2.45, 2.75) is 64.3 Å². The summed E-state index contributed by atoms with van der Waals surface area (Å²) in [5, 5.41) is 12.7. The molecular formula is C19H30N2O3. The molecule has 0 radical (unpaired) electrons. The lowest BCUT2D eigenvalue weighted by Gasteiger charge is -2.25. The number of hydrogen-bond acceptors (Lipinski definition) is 3. The third-order valence-electron chi connectivity index (χ3n) is 4.19. The predicted octanol–water partition coefficient (Wildman–Crippen LogP) is 3.77. The zero-order valence-electron chi connectivity index (χ0n) is 15.0. The fraction of sp³-hybridized carbons (Fsp3) is 0.632. The first-order chi connectivity index (χ1) is 11.3. The molecule has 0 spiro atoms. The van der Waals surface area contributed by atoms with Crippen molar-refractivity contribution in [2.24, 2.45) is 0 Å². The van der Waals surface area contributed by atoms with Crippen LogP contribution in [0.25, 0.3) is 0 Å². The first-order valence-corrected chi connectivity index (χ1v) is 8.78. The van der Waals surface area contributed by atoms with Crippen LogP contribution in [0.2, 0.25) is 0 Å². The van der Waals surface area contributed by atoms with E-state index in [4.69, 9.17) is 4.74 Å². The van der Waals surface area contributed by atoms with Gasteiger partial charge in [0.1, 0.15) is 0 Å². The number of amides is 2. The van der Waals surface area contributed by atoms with E-state index < -0.39 is 5.60 Å². The average molecular weight is 334 g/mol. The Hall–Kier alpha value is -1.59. The quantitative estimate of drug-likeness (QED) is 0.832. The first kappa shape index (κ1) is 18.7. The molecule has 2 amide bonds. The van der Waals surface area contributed by atoms with Gasteiger partial charge < -0.3 is 20.1 Å². The van der Waals surface area contributed by atoms with Gasteiger partial charge in [0.05, 0.1) is 24.9 Å². The van der Waals surface area contributed by atoms with Crippen LogP contribution in [0.4, 0.5) is 10.5 Å². The van der Waals surface area contributed by atoms with Gasteiger partial charge in [-0.15, -0.1) is 0 Å². The molecule has 0 aliphatic heterocycles. The van der Waals surface area contributed by atoms with E-state index in [1.165, 1.54) is 24.2 Å². The molecule has 5 heteroatoms. The molecule has 2 N–H and O–H groups in total. The van der Waals surface area contributed by atoms with E-state index in [1.807, 2.05) is 24.3 Å². The second-order valence-corrected chi connectivity index (χ2v) is 7.37. The summed E-state index contributed by atoms with van der Waals surface area (Å²) in [6, 6.07) is 7.51. The number of carbonyl (C=O) groups excluding carboxylic acids is 1. The molecule has 24 heavy (non-hydrogen) atoms. The van der Waals surface area contributed by atoms with E-state index in [0.29, 0.717) is 12.7 Å². The fourth-order valence-electron chi connectivity index (χ4n) is 3.06. The summed E-state index contributed by atoms with van der Waals surface area (Å²) >= 11 is 0. The fourth-order valence-corrected chi connectivity index (χ4v) is 3.06. The Labute approximate surface area is 145 Å². The molecule has 134 valence electrons. The third kappa shape index (κ3) is 6.49. The summed E-state index contributed by atoms with van der Waals surface area (Å²) < 4.78 is 5.99. The summed E-state index contributed by atoms with van der Waals surface area (Å²) in [5.74, 6) is 0. The van der Waals surface area contributed by atoms with Crippen LogP contribution in [0.15, 0.2) is 24.3 Å². The smallest absolute Gasteiger partial charge is 0.321 e. The van der Waals surface area contributed by atoms with Gasteiger partial charge in [0, 0.05) is 12.7 Å². The zero-order valence-corrected chi connectivity index (χ0v) is 15.0. The van der Waals surface area contributed by atoms with Crippen LogP contribution in [-0.2, 0) is 11.3 Å². The molecule has 1 aliphatic rings. The molecule has 0 atom stereocenters. The van der Waals surface area contributed by atoms with Crippen molar-refractivity contribution in [3.05, 3.63) is 29.8 Å². The van der Waals surface area contributed by atoms with Gasteiger partial charge in [-0.05, 0) is 44.4 Å². The van der Waals surface area contributed by atoms with Gasteiger partial charge in [-0.1, -0.05) is 31.4 Å². The SMILES string of the molecule is CN(CC(C)(C)O)C(=O)Nc1cccc(COC2CCCCC2)c1. The van der Waals surface area contributed by atoms with Crippen molar-refractivity contribution in [2.75, 3.05) is 18.9 Å². The lowest BCUT2D eigenvalue weighted by molar-refractivity contribution is 0.0169. The van der Waals surface area contributed by atoms with Gasteiger partial charge in [0.15, 0.2) is 0 Å². The van der Waals surface area contributed by atoms with Gasteiger partial charge in [0.25, 0.3) is 0 Å². The minimum atomic E-state index is -0.915. The number of ether oxygens (including phenoxy) is 1. The van der Waals surface area contributed by atoms with Crippen molar-refractivity contribution < 1.29 is 14.6 Å². The van der Waals surface area contributed by atoms with Crippen LogP contribution < -0.4 is 5.32 Å². The van der Waals surface area contributed by atoms with Crippen LogP contribution >= 0.6 is 0 Å². The second kappa shape index (κ2) is 8.49. The molecule has 0 heterocycles. The van der Waals surface area contributed by atoms with Crippen LogP contribution in [0.3, 0.4) is 0 Å². The van der Waals surface area contributed by atoms with E-state index in [1.54, 1.807) is 20.9 Å². The molecule has 1 aliphatic carbocycles. The number of likely N-dealkylation sites (N-methyl/N-ethyl adjacent to an activating group) is 1. The van der Waals surface area contributed by atoms with Crippen LogP contribution in [0.1, 0.15) is 51.5 Å². The van der Waals surface area contributed by atoms with Gasteiger partial charge >= 0.3 is 6.03 Å². The van der Waals surface area contributed by atoms with Crippen molar-refractivity contribution in [1.82, 2.24) is 4.90 Å². The molecule has 0 aromatic heterocycles. The molecule has 0 bridgehead atoms. The lowest BCUT2D eigenvalue weighted by Crippen LogP contribution is -2.41. The van der Waals surface area contributed by atoms with Crippen LogP contribution in [-0.4, -0.2) is 41.3 Å². The molecule has 1 fully saturated rings. The van der Waals surface area contributed by atoms with Gasteiger partial charge in [-0.3, -0.25) is 0 Å². The first-order valence-electron chi connectivity index (χ1n) is 8.78. The topological polar surface area (TPSA) is 61.8 Å². The van der Waals surface area contributed by atoms with Gasteiger partial charge in [0.2, 0.25) is 0 Å². The summed E-state index contributed by atoms with van der Waals surface area (Å²) in [5.41, 5.74) is 0.887. The Bertz CT molecular complexity index is 534. The minimum absolute atomic E-state index is 0.234. The normalized spacial score (nSPS) is 16.0. The van der Waals surface area contributed by atoms with Crippen molar-refractivity contribution in [3.63, 3.8) is 0 Å². The van der Waals surface area contributed by atoms with E-state index >= 15 is 0 Å². The highest BCUT2D eigenvalue weighted by atomic mass is 16.5. The van der Waals surface area contributed by atoms with Crippen molar-refractivity contribution in [1.29, 1.82) is 0 Å². The molecule has 0 unspecified atom stereocenters. The molecular weight excluding hydrogens is 304 g/mol. The van der Waals surface area contributed by atoms with E-state index in [-0.39, 0.29) is 12.6 Å². The largest absolute Gasteiger partial charge is 0.389 e. The monoisotopic (exact) mass is 334 g/mol. The molecule has 2 rings (SSSR count). The molecule has 1 saturated carbocycles. The second-order valence-electron chi connectivity index (χ2n) is 7.37. The van der Waals surface area contributed by atoms with Gasteiger partial charge in [-0.2, -0.15) is 0 Å². The Balaban J connectivity index is 1.86. The van der Waals surface area contributed by atoms with E-state index in [2.05, 4.69) is 5.32 Å². The van der Waals surface area contributed by atoms with Crippen LogP contribution in [0.5, 0.6) is 0 Å². The average Bonchev–Trinajstić information content (AvgIpc) is 2.53. The number of hydrogen-bond donors (Lipinski definition) is 2. The predicted molar refractivity (Wildman–Crippen MR) is 96.1 cm³/mol. The maximum Gasteiger partial charge on any atom is 0.321 e.